The molecule has 2 aromatic carbocycles. The lowest BCUT2D eigenvalue weighted by atomic mass is 10.0. The van der Waals surface area contributed by atoms with Crippen LogP contribution in [0.5, 0.6) is 0 Å². The zero-order valence-corrected chi connectivity index (χ0v) is 17.3. The summed E-state index contributed by atoms with van der Waals surface area (Å²) in [6.07, 6.45) is 1.04. The second-order valence-electron chi connectivity index (χ2n) is 7.30. The number of nitrogens with one attached hydrogen (secondary N) is 1. The van der Waals surface area contributed by atoms with E-state index in [1.54, 1.807) is 4.90 Å². The highest BCUT2D eigenvalue weighted by Crippen LogP contribution is 2.21. The first kappa shape index (κ1) is 21.0. The Hall–Kier alpha value is -2.67. The van der Waals surface area contributed by atoms with Crippen molar-refractivity contribution in [2.24, 2.45) is 0 Å². The number of piperidine rings is 1. The first-order valence-corrected chi connectivity index (χ1v) is 11.4. The van der Waals surface area contributed by atoms with Crippen molar-refractivity contribution in [3.63, 3.8) is 0 Å². The Labute approximate surface area is 171 Å². The quantitative estimate of drug-likeness (QED) is 0.784. The second kappa shape index (κ2) is 9.22. The van der Waals surface area contributed by atoms with E-state index in [4.69, 9.17) is 0 Å². The van der Waals surface area contributed by atoms with E-state index in [0.29, 0.717) is 32.4 Å². The minimum absolute atomic E-state index is 0.000361. The molecule has 1 N–H and O–H groups in total. The lowest BCUT2D eigenvalue weighted by molar-refractivity contribution is -0.131. The van der Waals surface area contributed by atoms with Crippen molar-refractivity contribution in [2.75, 3.05) is 25.9 Å². The van der Waals surface area contributed by atoms with Gasteiger partial charge < -0.3 is 10.2 Å². The molecule has 154 valence electrons. The minimum atomic E-state index is -3.48. The summed E-state index contributed by atoms with van der Waals surface area (Å²) in [6.45, 7) is 0.803. The number of sulfone groups is 1. The van der Waals surface area contributed by atoms with Crippen LogP contribution in [0.25, 0.3) is 11.1 Å². The van der Waals surface area contributed by atoms with E-state index in [2.05, 4.69) is 5.32 Å². The van der Waals surface area contributed by atoms with Gasteiger partial charge in [0, 0.05) is 20.1 Å². The zero-order valence-electron chi connectivity index (χ0n) is 16.5. The molecule has 6 nitrogen and oxygen atoms in total. The molecule has 3 rings (SSSR count). The van der Waals surface area contributed by atoms with Crippen molar-refractivity contribution in [3.05, 3.63) is 60.2 Å². The van der Waals surface area contributed by atoms with E-state index < -0.39 is 26.7 Å². The summed E-state index contributed by atoms with van der Waals surface area (Å²) in [6, 6.07) is 18.0. The van der Waals surface area contributed by atoms with Crippen LogP contribution in [-0.4, -0.2) is 56.3 Å². The topological polar surface area (TPSA) is 83.6 Å². The molecule has 0 aromatic heterocycles. The molecule has 0 bridgehead atoms. The lowest BCUT2D eigenvalue weighted by Crippen LogP contribution is -2.44. The Morgan fingerprint density at radius 2 is 1.55 bits per heavy atom. The normalized spacial score (nSPS) is 15.1. The smallest absolute Gasteiger partial charge is 0.234 e. The van der Waals surface area contributed by atoms with Crippen molar-refractivity contribution < 1.29 is 18.0 Å². The van der Waals surface area contributed by atoms with Crippen molar-refractivity contribution in [2.45, 2.75) is 24.5 Å². The molecule has 7 heteroatoms. The predicted octanol–water partition coefficient (Wildman–Crippen LogP) is 2.05. The number of likely N-dealkylation sites (tertiary alicyclic amines) is 1. The molecule has 2 aromatic rings. The number of amides is 2. The molecule has 0 atom stereocenters. The van der Waals surface area contributed by atoms with E-state index in [9.17, 15) is 18.0 Å². The highest BCUT2D eigenvalue weighted by atomic mass is 32.2. The lowest BCUT2D eigenvalue weighted by Gasteiger charge is -2.31. The first-order chi connectivity index (χ1) is 13.9. The van der Waals surface area contributed by atoms with Gasteiger partial charge in [0.1, 0.15) is 5.75 Å². The Bertz CT molecular complexity index is 948. The van der Waals surface area contributed by atoms with Gasteiger partial charge in [-0.1, -0.05) is 54.6 Å². The highest BCUT2D eigenvalue weighted by molar-refractivity contribution is 7.92. The minimum Gasteiger partial charge on any atom is -0.358 e. The van der Waals surface area contributed by atoms with Crippen molar-refractivity contribution in [3.8, 4) is 11.1 Å². The van der Waals surface area contributed by atoms with Crippen LogP contribution in [0.15, 0.2) is 54.6 Å². The van der Waals surface area contributed by atoms with Crippen LogP contribution in [0, 0.1) is 0 Å². The van der Waals surface area contributed by atoms with Gasteiger partial charge in [0.25, 0.3) is 0 Å². The van der Waals surface area contributed by atoms with Crippen LogP contribution >= 0.6 is 0 Å². The Morgan fingerprint density at radius 1 is 0.966 bits per heavy atom. The summed E-state index contributed by atoms with van der Waals surface area (Å²) in [7, 11) is -2.06. The van der Waals surface area contributed by atoms with E-state index in [1.165, 1.54) is 7.05 Å². The molecule has 1 fully saturated rings. The fourth-order valence-electron chi connectivity index (χ4n) is 3.57. The van der Waals surface area contributed by atoms with Crippen LogP contribution < -0.4 is 5.32 Å². The van der Waals surface area contributed by atoms with Gasteiger partial charge in [-0.25, -0.2) is 8.42 Å². The van der Waals surface area contributed by atoms with E-state index in [-0.39, 0.29) is 5.91 Å². The van der Waals surface area contributed by atoms with E-state index in [1.807, 2.05) is 54.6 Å². The van der Waals surface area contributed by atoms with Gasteiger partial charge in [0.05, 0.1) is 11.7 Å². The van der Waals surface area contributed by atoms with Crippen LogP contribution in [0.4, 0.5) is 0 Å². The summed E-state index contributed by atoms with van der Waals surface area (Å²) in [4.78, 5) is 25.7. The van der Waals surface area contributed by atoms with Crippen LogP contribution in [0.1, 0.15) is 18.4 Å². The largest absolute Gasteiger partial charge is 0.358 e. The van der Waals surface area contributed by atoms with Gasteiger partial charge in [-0.3, -0.25) is 9.59 Å². The molecule has 29 heavy (non-hydrogen) atoms. The maximum Gasteiger partial charge on any atom is 0.234 e. The maximum absolute atomic E-state index is 12.6. The van der Waals surface area contributed by atoms with Gasteiger partial charge in [0.2, 0.25) is 11.8 Å². The fraction of sp³-hybridized carbons (Fsp3) is 0.364. The summed E-state index contributed by atoms with van der Waals surface area (Å²) < 4.78 is 24.6. The van der Waals surface area contributed by atoms with Gasteiger partial charge in [-0.2, -0.15) is 0 Å². The Kier molecular flexibility index (Phi) is 6.69. The number of benzene rings is 2. The number of hydrogen-bond acceptors (Lipinski definition) is 4. The third-order valence-electron chi connectivity index (χ3n) is 5.33. The van der Waals surface area contributed by atoms with Gasteiger partial charge in [0.15, 0.2) is 9.84 Å². The summed E-state index contributed by atoms with van der Waals surface area (Å²) in [5, 5.41) is 1.79. The van der Waals surface area contributed by atoms with Crippen molar-refractivity contribution in [1.29, 1.82) is 0 Å². The molecule has 0 spiro atoms. The summed E-state index contributed by atoms with van der Waals surface area (Å²) in [5.41, 5.74) is 3.17. The van der Waals surface area contributed by atoms with E-state index in [0.717, 1.165) is 16.7 Å². The molecule has 1 aliphatic rings. The molecule has 2 amide bonds. The van der Waals surface area contributed by atoms with Gasteiger partial charge in [-0.05, 0) is 29.5 Å². The number of nitrogens with zero attached hydrogens (tertiary/aromatic N) is 1. The zero-order chi connectivity index (χ0) is 20.9. The maximum atomic E-state index is 12.6. The van der Waals surface area contributed by atoms with Crippen LogP contribution in [-0.2, 0) is 25.8 Å². The molecule has 0 radical (unpaired) electrons. The number of hydrogen-bond donors (Lipinski definition) is 1. The SMILES string of the molecule is CNC(=O)CS(=O)(=O)C1CCN(C(=O)Cc2ccc(-c3ccccc3)cc2)CC1. The third-order valence-corrected chi connectivity index (χ3v) is 7.48. The predicted molar refractivity (Wildman–Crippen MR) is 113 cm³/mol. The first-order valence-electron chi connectivity index (χ1n) is 9.73. The molecule has 1 aliphatic heterocycles. The number of carbonyl (C=O) groups is 2. The van der Waals surface area contributed by atoms with Crippen LogP contribution in [0.2, 0.25) is 0 Å². The monoisotopic (exact) mass is 414 g/mol. The number of rotatable bonds is 6. The fourth-order valence-corrected chi connectivity index (χ4v) is 5.24. The van der Waals surface area contributed by atoms with Crippen molar-refractivity contribution >= 4 is 21.7 Å². The average molecular weight is 415 g/mol. The van der Waals surface area contributed by atoms with Gasteiger partial charge >= 0.3 is 0 Å². The summed E-state index contributed by atoms with van der Waals surface area (Å²) in [5.74, 6) is -0.988. The summed E-state index contributed by atoms with van der Waals surface area (Å²) >= 11 is 0. The molecule has 0 saturated carbocycles. The highest BCUT2D eigenvalue weighted by Gasteiger charge is 2.32. The van der Waals surface area contributed by atoms with Gasteiger partial charge in [-0.15, -0.1) is 0 Å². The molecule has 0 unspecified atom stereocenters. The average Bonchev–Trinajstić information content (AvgIpc) is 2.74. The molecule has 1 saturated heterocycles. The number of carbonyl (C=O) groups excluding carboxylic acids is 2. The molecule has 1 heterocycles. The molecule has 0 aliphatic carbocycles. The standard InChI is InChI=1S/C22H26N2O4S/c1-23-21(25)16-29(27,28)20-11-13-24(14-12-20)22(26)15-17-7-9-19(10-8-17)18-5-3-2-4-6-18/h2-10,20H,11-16H2,1H3,(H,23,25). The van der Waals surface area contributed by atoms with Crippen molar-refractivity contribution in [1.82, 2.24) is 10.2 Å². The Balaban J connectivity index is 1.54. The molecular formula is C22H26N2O4S. The molecular weight excluding hydrogens is 388 g/mol. The third kappa shape index (κ3) is 5.44. The second-order valence-corrected chi connectivity index (χ2v) is 9.58. The Morgan fingerprint density at radius 3 is 2.14 bits per heavy atom. The van der Waals surface area contributed by atoms with E-state index >= 15 is 0 Å². The van der Waals surface area contributed by atoms with Crippen LogP contribution in [0.3, 0.4) is 0 Å².